The molecule has 0 fully saturated rings. The Morgan fingerprint density at radius 2 is 2.16 bits per heavy atom. The van der Waals surface area contributed by atoms with Crippen molar-refractivity contribution in [1.82, 2.24) is 0 Å². The molecule has 0 radical (unpaired) electrons. The van der Waals surface area contributed by atoms with Gasteiger partial charge < -0.3 is 4.74 Å². The van der Waals surface area contributed by atoms with Gasteiger partial charge in [0.15, 0.2) is 11.5 Å². The summed E-state index contributed by atoms with van der Waals surface area (Å²) in [5.41, 5.74) is -1.05. The van der Waals surface area contributed by atoms with Crippen LogP contribution in [-0.4, -0.2) is 18.6 Å². The molecule has 2 unspecified atom stereocenters. The lowest BCUT2D eigenvalue weighted by molar-refractivity contribution is -0.149. The van der Waals surface area contributed by atoms with Crippen molar-refractivity contribution >= 4 is 5.97 Å². The fourth-order valence-corrected chi connectivity index (χ4v) is 1.75. The normalized spacial score (nSPS) is 14.6. The molecule has 1 rings (SSSR count). The van der Waals surface area contributed by atoms with E-state index in [0.29, 0.717) is 5.56 Å². The number of nitrogens with zero attached hydrogens (tertiary/aromatic N) is 2. The second kappa shape index (κ2) is 5.97. The highest BCUT2D eigenvalue weighted by molar-refractivity contribution is 5.85. The number of halogens is 1. The predicted molar refractivity (Wildman–Crippen MR) is 66.4 cm³/mol. The van der Waals surface area contributed by atoms with Crippen molar-refractivity contribution in [2.45, 2.75) is 25.3 Å². The summed E-state index contributed by atoms with van der Waals surface area (Å²) in [4.78, 5) is 15.3. The highest BCUT2D eigenvalue weighted by Gasteiger charge is 2.49. The van der Waals surface area contributed by atoms with E-state index < -0.39 is 23.2 Å². The van der Waals surface area contributed by atoms with Gasteiger partial charge in [-0.05, 0) is 31.5 Å². The average molecular weight is 260 g/mol. The predicted octanol–water partition coefficient (Wildman–Crippen LogP) is 2.46. The molecule has 0 aliphatic carbocycles. The van der Waals surface area contributed by atoms with E-state index in [2.05, 4.69) is 4.85 Å². The van der Waals surface area contributed by atoms with Gasteiger partial charge in [0, 0.05) is 0 Å². The molecule has 0 aliphatic heterocycles. The zero-order valence-electron chi connectivity index (χ0n) is 10.7. The Kier molecular flexibility index (Phi) is 4.61. The Balaban J connectivity index is 3.35. The van der Waals surface area contributed by atoms with Crippen LogP contribution in [0.4, 0.5) is 4.39 Å². The molecular weight excluding hydrogens is 247 g/mol. The largest absolute Gasteiger partial charge is 0.465 e. The number of carbonyl (C=O) groups excluding carboxylic acids is 1. The van der Waals surface area contributed by atoms with Crippen molar-refractivity contribution in [2.24, 2.45) is 0 Å². The Hall–Kier alpha value is -2.40. The Morgan fingerprint density at radius 1 is 1.58 bits per heavy atom. The molecule has 0 saturated carbocycles. The van der Waals surface area contributed by atoms with E-state index in [1.807, 2.05) is 0 Å². The van der Waals surface area contributed by atoms with Crippen molar-refractivity contribution in [2.75, 3.05) is 6.61 Å². The van der Waals surface area contributed by atoms with E-state index in [1.54, 1.807) is 13.0 Å². The first-order valence-corrected chi connectivity index (χ1v) is 5.70. The molecule has 0 aliphatic rings. The zero-order chi connectivity index (χ0) is 14.5. The van der Waals surface area contributed by atoms with Crippen molar-refractivity contribution in [1.29, 1.82) is 5.26 Å². The van der Waals surface area contributed by atoms with E-state index >= 15 is 0 Å². The fourth-order valence-electron chi connectivity index (χ4n) is 1.75. The summed E-state index contributed by atoms with van der Waals surface area (Å²) in [5.74, 6) is -1.12. The monoisotopic (exact) mass is 260 g/mol. The van der Waals surface area contributed by atoms with Crippen LogP contribution in [0.2, 0.25) is 0 Å². The van der Waals surface area contributed by atoms with Gasteiger partial charge in [0.1, 0.15) is 5.82 Å². The number of hydrogen-bond donors (Lipinski definition) is 0. The quantitative estimate of drug-likeness (QED) is 0.617. The zero-order valence-corrected chi connectivity index (χ0v) is 10.7. The number of nitriles is 1. The molecule has 2 atom stereocenters. The second-order valence-electron chi connectivity index (χ2n) is 4.09. The lowest BCUT2D eigenvalue weighted by Gasteiger charge is -2.25. The van der Waals surface area contributed by atoms with Crippen LogP contribution in [0.5, 0.6) is 0 Å². The Morgan fingerprint density at radius 3 is 2.58 bits per heavy atom. The van der Waals surface area contributed by atoms with Crippen LogP contribution in [-0.2, 0) is 14.9 Å². The molecule has 5 heteroatoms. The van der Waals surface area contributed by atoms with Gasteiger partial charge in [-0.15, -0.1) is 0 Å². The summed E-state index contributed by atoms with van der Waals surface area (Å²) < 4.78 is 17.9. The van der Waals surface area contributed by atoms with Crippen LogP contribution >= 0.6 is 0 Å². The van der Waals surface area contributed by atoms with Gasteiger partial charge >= 0.3 is 12.0 Å². The molecule has 19 heavy (non-hydrogen) atoms. The van der Waals surface area contributed by atoms with Gasteiger partial charge in [-0.1, -0.05) is 12.1 Å². The maximum atomic E-state index is 12.9. The van der Waals surface area contributed by atoms with Crippen LogP contribution in [0.1, 0.15) is 19.4 Å². The number of carbonyl (C=O) groups is 1. The molecule has 0 heterocycles. The first-order valence-electron chi connectivity index (χ1n) is 5.70. The molecular formula is C14H13FN2O2. The lowest BCUT2D eigenvalue weighted by Crippen LogP contribution is -2.43. The van der Waals surface area contributed by atoms with E-state index in [9.17, 15) is 9.18 Å². The van der Waals surface area contributed by atoms with E-state index in [-0.39, 0.29) is 6.61 Å². The van der Waals surface area contributed by atoms with Gasteiger partial charge in [-0.2, -0.15) is 5.26 Å². The number of hydrogen-bond acceptors (Lipinski definition) is 3. The van der Waals surface area contributed by atoms with Crippen LogP contribution in [0, 0.1) is 23.7 Å². The van der Waals surface area contributed by atoms with Crippen LogP contribution in [0.25, 0.3) is 4.85 Å². The molecule has 4 nitrogen and oxygen atoms in total. The van der Waals surface area contributed by atoms with Crippen molar-refractivity contribution in [3.63, 3.8) is 0 Å². The summed E-state index contributed by atoms with van der Waals surface area (Å²) >= 11 is 0. The van der Waals surface area contributed by atoms with Crippen molar-refractivity contribution < 1.29 is 13.9 Å². The maximum Gasteiger partial charge on any atom is 0.326 e. The fraction of sp³-hybridized carbons (Fsp3) is 0.357. The molecule has 98 valence electrons. The summed E-state index contributed by atoms with van der Waals surface area (Å²) in [6.07, 6.45) is 0. The van der Waals surface area contributed by atoms with Crippen LogP contribution in [0.3, 0.4) is 0 Å². The van der Waals surface area contributed by atoms with Gasteiger partial charge in [-0.25, -0.2) is 11.0 Å². The van der Waals surface area contributed by atoms with Gasteiger partial charge in [-0.3, -0.25) is 9.64 Å². The number of ether oxygens (including phenoxy) is 1. The van der Waals surface area contributed by atoms with Gasteiger partial charge in [0.05, 0.1) is 6.61 Å². The standard InChI is InChI=1S/C14H13FN2O2/c1-4-19-13(18)14(2,12(9-16)17-3)10-5-7-11(15)8-6-10/h5-8,12H,4H2,1-2H3. The first-order chi connectivity index (χ1) is 9.00. The maximum absolute atomic E-state index is 12.9. The molecule has 1 aromatic rings. The summed E-state index contributed by atoms with van der Waals surface area (Å²) in [6, 6.07) is 5.72. The SMILES string of the molecule is [C-]#[N+]C(C#N)C(C)(C(=O)OCC)c1ccc(F)cc1. The molecule has 0 saturated heterocycles. The van der Waals surface area contributed by atoms with Crippen LogP contribution in [0.15, 0.2) is 24.3 Å². The Labute approximate surface area is 111 Å². The van der Waals surface area contributed by atoms with Gasteiger partial charge in [0.2, 0.25) is 0 Å². The third kappa shape index (κ3) is 2.71. The highest BCUT2D eigenvalue weighted by atomic mass is 19.1. The number of benzene rings is 1. The highest BCUT2D eigenvalue weighted by Crippen LogP contribution is 2.31. The lowest BCUT2D eigenvalue weighted by atomic mass is 9.76. The second-order valence-corrected chi connectivity index (χ2v) is 4.09. The van der Waals surface area contributed by atoms with E-state index in [1.165, 1.54) is 31.2 Å². The van der Waals surface area contributed by atoms with Crippen LogP contribution < -0.4 is 0 Å². The minimum atomic E-state index is -1.43. The topological polar surface area (TPSA) is 54.5 Å². The summed E-state index contributed by atoms with van der Waals surface area (Å²) in [5, 5.41) is 9.05. The number of rotatable bonds is 4. The number of esters is 1. The van der Waals surface area contributed by atoms with E-state index in [4.69, 9.17) is 16.6 Å². The minimum Gasteiger partial charge on any atom is -0.465 e. The first kappa shape index (κ1) is 14.7. The summed E-state index contributed by atoms with van der Waals surface area (Å²) in [7, 11) is 0. The third-order valence-corrected chi connectivity index (χ3v) is 2.94. The molecule has 1 aromatic carbocycles. The molecule has 0 spiro atoms. The van der Waals surface area contributed by atoms with Crippen molar-refractivity contribution in [3.8, 4) is 6.07 Å². The smallest absolute Gasteiger partial charge is 0.326 e. The van der Waals surface area contributed by atoms with E-state index in [0.717, 1.165) is 0 Å². The third-order valence-electron chi connectivity index (χ3n) is 2.94. The average Bonchev–Trinajstić information content (AvgIpc) is 2.40. The molecule has 0 amide bonds. The summed E-state index contributed by atoms with van der Waals surface area (Å²) in [6.45, 7) is 10.3. The Bertz CT molecular complexity index is 528. The van der Waals surface area contributed by atoms with Crippen molar-refractivity contribution in [3.05, 3.63) is 47.1 Å². The molecule has 0 N–H and O–H groups in total. The minimum absolute atomic E-state index is 0.145. The molecule has 0 aromatic heterocycles. The van der Waals surface area contributed by atoms with Gasteiger partial charge in [0.25, 0.3) is 0 Å². The molecule has 0 bridgehead atoms.